The quantitative estimate of drug-likeness (QED) is 0.897. The van der Waals surface area contributed by atoms with Gasteiger partial charge in [0.05, 0.1) is 5.56 Å². The van der Waals surface area contributed by atoms with E-state index in [1.807, 2.05) is 6.92 Å². The number of aromatic hydroxyl groups is 1. The van der Waals surface area contributed by atoms with Crippen LogP contribution in [0.3, 0.4) is 0 Å². The van der Waals surface area contributed by atoms with E-state index >= 15 is 0 Å². The lowest BCUT2D eigenvalue weighted by atomic mass is 10.1. The van der Waals surface area contributed by atoms with Crippen LogP contribution in [0.25, 0.3) is 0 Å². The van der Waals surface area contributed by atoms with Crippen LogP contribution < -0.4 is 0 Å². The Morgan fingerprint density at radius 2 is 2.18 bits per heavy atom. The first kappa shape index (κ1) is 13.8. The zero-order valence-corrected chi connectivity index (χ0v) is 11.2. The first-order chi connectivity index (χ1) is 7.97. The lowest BCUT2D eigenvalue weighted by Gasteiger charge is -2.25. The molecule has 17 heavy (non-hydrogen) atoms. The normalized spacial score (nSPS) is 12.2. The lowest BCUT2D eigenvalue weighted by molar-refractivity contribution is 0.0734. The number of benzene rings is 1. The molecule has 0 saturated heterocycles. The summed E-state index contributed by atoms with van der Waals surface area (Å²) in [6.45, 7) is 4.07. The van der Waals surface area contributed by atoms with Crippen LogP contribution in [0.1, 0.15) is 37.0 Å². The summed E-state index contributed by atoms with van der Waals surface area (Å²) in [5, 5.41) is 10.1. The molecule has 0 aromatic heterocycles. The van der Waals surface area contributed by atoms with Crippen molar-refractivity contribution in [1.82, 2.24) is 4.90 Å². The molecule has 0 spiro atoms. The van der Waals surface area contributed by atoms with E-state index in [2.05, 4.69) is 6.92 Å². The maximum Gasteiger partial charge on any atom is 0.257 e. The molecule has 0 saturated carbocycles. The summed E-state index contributed by atoms with van der Waals surface area (Å²) in [5.41, 5.74) is 0.292. The van der Waals surface area contributed by atoms with Crippen molar-refractivity contribution in [3.05, 3.63) is 28.8 Å². The summed E-state index contributed by atoms with van der Waals surface area (Å²) in [7, 11) is 1.75. The molecule has 1 unspecified atom stereocenters. The highest BCUT2D eigenvalue weighted by atomic mass is 35.5. The minimum atomic E-state index is -0.180. The number of rotatable bonds is 4. The summed E-state index contributed by atoms with van der Waals surface area (Å²) >= 11 is 5.73. The SMILES string of the molecule is CCCC(C)N(C)C(=O)c1ccc(Cl)cc1O. The van der Waals surface area contributed by atoms with Crippen molar-refractivity contribution in [1.29, 1.82) is 0 Å². The molecular weight excluding hydrogens is 238 g/mol. The van der Waals surface area contributed by atoms with Crippen LogP contribution in [0.5, 0.6) is 5.75 Å². The third kappa shape index (κ3) is 3.37. The van der Waals surface area contributed by atoms with Gasteiger partial charge in [-0.3, -0.25) is 4.79 Å². The third-order valence-corrected chi connectivity index (χ3v) is 3.11. The van der Waals surface area contributed by atoms with Crippen LogP contribution in [0.15, 0.2) is 18.2 Å². The van der Waals surface area contributed by atoms with E-state index in [-0.39, 0.29) is 17.7 Å². The van der Waals surface area contributed by atoms with Gasteiger partial charge in [-0.15, -0.1) is 0 Å². The van der Waals surface area contributed by atoms with Gasteiger partial charge < -0.3 is 10.0 Å². The van der Waals surface area contributed by atoms with Gasteiger partial charge in [-0.05, 0) is 31.5 Å². The first-order valence-corrected chi connectivity index (χ1v) is 6.10. The molecule has 3 nitrogen and oxygen atoms in total. The molecule has 1 amide bonds. The van der Waals surface area contributed by atoms with Crippen LogP contribution >= 0.6 is 11.6 Å². The number of hydrogen-bond donors (Lipinski definition) is 1. The highest BCUT2D eigenvalue weighted by molar-refractivity contribution is 6.30. The molecule has 4 heteroatoms. The van der Waals surface area contributed by atoms with E-state index < -0.39 is 0 Å². The predicted molar refractivity (Wildman–Crippen MR) is 69.6 cm³/mol. The molecule has 0 aliphatic carbocycles. The minimum Gasteiger partial charge on any atom is -0.507 e. The summed E-state index contributed by atoms with van der Waals surface area (Å²) in [5.74, 6) is -0.252. The van der Waals surface area contributed by atoms with Crippen molar-refractivity contribution < 1.29 is 9.90 Å². The summed E-state index contributed by atoms with van der Waals surface area (Å²) in [6.07, 6.45) is 1.96. The zero-order chi connectivity index (χ0) is 13.0. The van der Waals surface area contributed by atoms with Crippen LogP contribution in [0, 0.1) is 0 Å². The minimum absolute atomic E-state index is 0.0713. The van der Waals surface area contributed by atoms with Gasteiger partial charge in [-0.1, -0.05) is 24.9 Å². The summed E-state index contributed by atoms with van der Waals surface area (Å²) < 4.78 is 0. The fourth-order valence-corrected chi connectivity index (χ4v) is 1.85. The molecule has 1 N–H and O–H groups in total. The van der Waals surface area contributed by atoms with Crippen LogP contribution in [0.2, 0.25) is 5.02 Å². The number of carbonyl (C=O) groups is 1. The van der Waals surface area contributed by atoms with Gasteiger partial charge in [-0.25, -0.2) is 0 Å². The van der Waals surface area contributed by atoms with Crippen molar-refractivity contribution in [2.75, 3.05) is 7.05 Å². The van der Waals surface area contributed by atoms with E-state index in [9.17, 15) is 9.90 Å². The van der Waals surface area contributed by atoms with Gasteiger partial charge in [0, 0.05) is 18.1 Å². The number of hydrogen-bond acceptors (Lipinski definition) is 2. The molecule has 0 bridgehead atoms. The van der Waals surface area contributed by atoms with E-state index in [4.69, 9.17) is 11.6 Å². The van der Waals surface area contributed by atoms with Gasteiger partial charge in [0.25, 0.3) is 5.91 Å². The second-order valence-corrected chi connectivity index (χ2v) is 4.65. The van der Waals surface area contributed by atoms with Crippen LogP contribution in [-0.4, -0.2) is 29.0 Å². The highest BCUT2D eigenvalue weighted by Gasteiger charge is 2.19. The molecule has 94 valence electrons. The van der Waals surface area contributed by atoms with E-state index in [0.717, 1.165) is 12.8 Å². The smallest absolute Gasteiger partial charge is 0.257 e. The highest BCUT2D eigenvalue weighted by Crippen LogP contribution is 2.23. The molecule has 1 rings (SSSR count). The Morgan fingerprint density at radius 3 is 2.71 bits per heavy atom. The molecule has 0 heterocycles. The van der Waals surface area contributed by atoms with Crippen LogP contribution in [-0.2, 0) is 0 Å². The monoisotopic (exact) mass is 255 g/mol. The average molecular weight is 256 g/mol. The van der Waals surface area contributed by atoms with Crippen molar-refractivity contribution in [2.45, 2.75) is 32.7 Å². The number of phenolic OH excluding ortho intramolecular Hbond substituents is 1. The number of carbonyl (C=O) groups excluding carboxylic acids is 1. The average Bonchev–Trinajstić information content (AvgIpc) is 2.27. The van der Waals surface area contributed by atoms with Crippen molar-refractivity contribution >= 4 is 17.5 Å². The number of nitrogens with zero attached hydrogens (tertiary/aromatic N) is 1. The fourth-order valence-electron chi connectivity index (χ4n) is 1.69. The maximum atomic E-state index is 12.1. The van der Waals surface area contributed by atoms with E-state index in [0.29, 0.717) is 10.6 Å². The Morgan fingerprint density at radius 1 is 1.53 bits per heavy atom. The van der Waals surface area contributed by atoms with E-state index in [1.54, 1.807) is 24.1 Å². The zero-order valence-electron chi connectivity index (χ0n) is 10.4. The number of halogens is 1. The molecular formula is C13H18ClNO2. The molecule has 0 radical (unpaired) electrons. The molecule has 1 aromatic rings. The number of phenols is 1. The van der Waals surface area contributed by atoms with Crippen molar-refractivity contribution in [2.24, 2.45) is 0 Å². The third-order valence-electron chi connectivity index (χ3n) is 2.88. The second-order valence-electron chi connectivity index (χ2n) is 4.22. The second kappa shape index (κ2) is 5.92. The Hall–Kier alpha value is -1.22. The van der Waals surface area contributed by atoms with Gasteiger partial charge in [-0.2, -0.15) is 0 Å². The van der Waals surface area contributed by atoms with E-state index in [1.165, 1.54) is 6.07 Å². The van der Waals surface area contributed by atoms with Gasteiger partial charge in [0.15, 0.2) is 0 Å². The Labute approximate surface area is 107 Å². The maximum absolute atomic E-state index is 12.1. The first-order valence-electron chi connectivity index (χ1n) is 5.73. The van der Waals surface area contributed by atoms with Crippen molar-refractivity contribution in [3.8, 4) is 5.75 Å². The number of amides is 1. The topological polar surface area (TPSA) is 40.5 Å². The lowest BCUT2D eigenvalue weighted by Crippen LogP contribution is -2.34. The fraction of sp³-hybridized carbons (Fsp3) is 0.462. The van der Waals surface area contributed by atoms with Gasteiger partial charge >= 0.3 is 0 Å². The Balaban J connectivity index is 2.88. The Kier molecular flexibility index (Phi) is 4.82. The van der Waals surface area contributed by atoms with Gasteiger partial charge in [0.2, 0.25) is 0 Å². The predicted octanol–water partition coefficient (Wildman–Crippen LogP) is 3.31. The molecule has 0 aliphatic heterocycles. The largest absolute Gasteiger partial charge is 0.507 e. The van der Waals surface area contributed by atoms with Crippen molar-refractivity contribution in [3.63, 3.8) is 0 Å². The standard InChI is InChI=1S/C13H18ClNO2/c1-4-5-9(2)15(3)13(17)11-7-6-10(14)8-12(11)16/h6-9,16H,4-5H2,1-3H3. The summed E-state index contributed by atoms with van der Waals surface area (Å²) in [4.78, 5) is 13.8. The molecule has 1 aromatic carbocycles. The summed E-state index contributed by atoms with van der Waals surface area (Å²) in [6, 6.07) is 4.69. The molecule has 0 aliphatic rings. The Bertz CT molecular complexity index is 406. The molecule has 1 atom stereocenters. The van der Waals surface area contributed by atoms with Gasteiger partial charge in [0.1, 0.15) is 5.75 Å². The van der Waals surface area contributed by atoms with Crippen LogP contribution in [0.4, 0.5) is 0 Å². The molecule has 0 fully saturated rings.